The van der Waals surface area contributed by atoms with E-state index in [1.807, 2.05) is 13.8 Å². The number of nitrogen functional groups attached to an aromatic ring is 2. The summed E-state index contributed by atoms with van der Waals surface area (Å²) < 4.78 is 0. The molecule has 7 heteroatoms. The number of aromatic nitrogens is 3. The van der Waals surface area contributed by atoms with E-state index in [1.54, 1.807) is 0 Å². The molecule has 114 valence electrons. The molecule has 0 amide bonds. The monoisotopic (exact) mass is 282 g/mol. The number of nitrogens with two attached hydrogens (primary N) is 2. The number of nitrogens with one attached hydrogen (secondary N) is 1. The van der Waals surface area contributed by atoms with E-state index in [1.165, 1.54) is 0 Å². The average molecular weight is 282 g/mol. The molecule has 1 aromatic heterocycles. The summed E-state index contributed by atoms with van der Waals surface area (Å²) in [5.74, 6) is 0.306. The lowest BCUT2D eigenvalue weighted by Gasteiger charge is -2.49. The van der Waals surface area contributed by atoms with Crippen molar-refractivity contribution in [3.05, 3.63) is 0 Å². The van der Waals surface area contributed by atoms with Crippen LogP contribution in [0.4, 0.5) is 17.8 Å². The van der Waals surface area contributed by atoms with Crippen molar-refractivity contribution in [3.8, 4) is 0 Å². The SMILES string of the molecule is CC(C)(C)C(C)(C)C(C)(C)ONc1nc(N)nc(N)n1. The minimum absolute atomic E-state index is 0.0509. The normalized spacial score (nSPS) is 13.3. The smallest absolute Gasteiger partial charge is 0.253 e. The molecule has 0 aliphatic carbocycles. The fourth-order valence-electron chi connectivity index (χ4n) is 1.66. The third-order valence-corrected chi connectivity index (χ3v) is 4.45. The Morgan fingerprint density at radius 2 is 1.30 bits per heavy atom. The van der Waals surface area contributed by atoms with Gasteiger partial charge >= 0.3 is 0 Å². The molecule has 0 aliphatic heterocycles. The van der Waals surface area contributed by atoms with Crippen molar-refractivity contribution in [1.29, 1.82) is 0 Å². The summed E-state index contributed by atoms with van der Waals surface area (Å²) in [5.41, 5.74) is 13.2. The van der Waals surface area contributed by atoms with Crippen LogP contribution < -0.4 is 16.9 Å². The molecule has 0 atom stereocenters. The van der Waals surface area contributed by atoms with Crippen LogP contribution in [0.25, 0.3) is 0 Å². The molecular weight excluding hydrogens is 256 g/mol. The van der Waals surface area contributed by atoms with Gasteiger partial charge in [0.15, 0.2) is 0 Å². The Balaban J connectivity index is 2.87. The molecule has 0 aromatic carbocycles. The lowest BCUT2D eigenvalue weighted by Crippen LogP contribution is -2.50. The number of nitrogens with zero attached hydrogens (tertiary/aromatic N) is 3. The van der Waals surface area contributed by atoms with Gasteiger partial charge in [0.1, 0.15) is 0 Å². The fourth-order valence-corrected chi connectivity index (χ4v) is 1.66. The molecule has 0 aliphatic rings. The van der Waals surface area contributed by atoms with E-state index in [0.29, 0.717) is 0 Å². The van der Waals surface area contributed by atoms with Gasteiger partial charge < -0.3 is 11.5 Å². The van der Waals surface area contributed by atoms with E-state index in [-0.39, 0.29) is 28.7 Å². The first kappa shape index (κ1) is 16.4. The lowest BCUT2D eigenvalue weighted by molar-refractivity contribution is -0.121. The standard InChI is InChI=1S/C13H26N6O/c1-11(2,3)12(4,5)13(6,7)20-19-10-17-8(14)16-9(15)18-10/h1-7H3,(H5,14,15,16,17,18,19). The van der Waals surface area contributed by atoms with Gasteiger partial charge in [-0.05, 0) is 19.3 Å². The molecule has 0 unspecified atom stereocenters. The van der Waals surface area contributed by atoms with Crippen LogP contribution in [0.1, 0.15) is 48.5 Å². The molecule has 0 fully saturated rings. The molecule has 1 heterocycles. The highest BCUT2D eigenvalue weighted by Crippen LogP contribution is 2.47. The Morgan fingerprint density at radius 1 is 0.850 bits per heavy atom. The van der Waals surface area contributed by atoms with E-state index in [9.17, 15) is 0 Å². The minimum atomic E-state index is -0.471. The van der Waals surface area contributed by atoms with Gasteiger partial charge in [0.05, 0.1) is 5.60 Å². The fraction of sp³-hybridized carbons (Fsp3) is 0.769. The quantitative estimate of drug-likeness (QED) is 0.726. The first-order valence-electron chi connectivity index (χ1n) is 6.58. The zero-order valence-corrected chi connectivity index (χ0v) is 13.4. The van der Waals surface area contributed by atoms with Gasteiger partial charge in [-0.1, -0.05) is 34.6 Å². The maximum atomic E-state index is 5.80. The molecule has 7 nitrogen and oxygen atoms in total. The van der Waals surface area contributed by atoms with Crippen molar-refractivity contribution in [2.45, 2.75) is 54.1 Å². The second-order valence-electron chi connectivity index (χ2n) is 6.96. The van der Waals surface area contributed by atoms with Gasteiger partial charge in [0.25, 0.3) is 5.95 Å². The van der Waals surface area contributed by atoms with E-state index in [2.05, 4.69) is 55.1 Å². The zero-order valence-electron chi connectivity index (χ0n) is 13.4. The molecule has 0 spiro atoms. The summed E-state index contributed by atoms with van der Waals surface area (Å²) in [4.78, 5) is 17.3. The van der Waals surface area contributed by atoms with Gasteiger partial charge in [-0.3, -0.25) is 4.84 Å². The summed E-state index contributed by atoms with van der Waals surface area (Å²) in [6.45, 7) is 14.9. The zero-order chi connectivity index (χ0) is 15.8. The largest absolute Gasteiger partial charge is 0.368 e. The number of rotatable bonds is 4. The first-order chi connectivity index (χ1) is 8.87. The van der Waals surface area contributed by atoms with Crippen molar-refractivity contribution in [2.24, 2.45) is 10.8 Å². The third-order valence-electron chi connectivity index (χ3n) is 4.45. The van der Waals surface area contributed by atoms with Crippen molar-refractivity contribution >= 4 is 17.8 Å². The van der Waals surface area contributed by atoms with E-state index < -0.39 is 5.60 Å². The number of hydrogen-bond acceptors (Lipinski definition) is 7. The highest BCUT2D eigenvalue weighted by atomic mass is 16.7. The molecule has 20 heavy (non-hydrogen) atoms. The van der Waals surface area contributed by atoms with Crippen LogP contribution in [0.5, 0.6) is 0 Å². The van der Waals surface area contributed by atoms with Gasteiger partial charge in [0, 0.05) is 5.41 Å². The molecule has 1 rings (SSSR count). The molecule has 0 radical (unpaired) electrons. The van der Waals surface area contributed by atoms with Gasteiger partial charge in [-0.2, -0.15) is 15.0 Å². The Labute approximate surface area is 120 Å². The minimum Gasteiger partial charge on any atom is -0.368 e. The van der Waals surface area contributed by atoms with E-state index >= 15 is 0 Å². The summed E-state index contributed by atoms with van der Waals surface area (Å²) in [6, 6.07) is 0. The second-order valence-corrected chi connectivity index (χ2v) is 6.96. The number of hydrogen-bond donors (Lipinski definition) is 3. The van der Waals surface area contributed by atoms with Crippen LogP contribution in [0.15, 0.2) is 0 Å². The van der Waals surface area contributed by atoms with Crippen LogP contribution in [0, 0.1) is 10.8 Å². The molecule has 0 saturated carbocycles. The van der Waals surface area contributed by atoms with Crippen molar-refractivity contribution in [2.75, 3.05) is 16.9 Å². The Bertz CT molecular complexity index is 458. The Kier molecular flexibility index (Phi) is 4.14. The third kappa shape index (κ3) is 3.27. The summed E-state index contributed by atoms with van der Waals surface area (Å²) >= 11 is 0. The molecule has 1 aromatic rings. The van der Waals surface area contributed by atoms with Crippen LogP contribution >= 0.6 is 0 Å². The summed E-state index contributed by atoms with van der Waals surface area (Å²) in [7, 11) is 0. The maximum Gasteiger partial charge on any atom is 0.253 e. The van der Waals surface area contributed by atoms with Crippen molar-refractivity contribution in [1.82, 2.24) is 15.0 Å². The highest BCUT2D eigenvalue weighted by molar-refractivity contribution is 5.35. The van der Waals surface area contributed by atoms with Crippen LogP contribution in [-0.4, -0.2) is 20.6 Å². The Hall–Kier alpha value is -1.63. The average Bonchev–Trinajstić information content (AvgIpc) is 2.23. The molecule has 5 N–H and O–H groups in total. The first-order valence-corrected chi connectivity index (χ1v) is 6.58. The van der Waals surface area contributed by atoms with E-state index in [0.717, 1.165) is 0 Å². The second kappa shape index (κ2) is 5.05. The van der Waals surface area contributed by atoms with Crippen molar-refractivity contribution in [3.63, 3.8) is 0 Å². The topological polar surface area (TPSA) is 112 Å². The van der Waals surface area contributed by atoms with E-state index in [4.69, 9.17) is 16.3 Å². The summed E-state index contributed by atoms with van der Waals surface area (Å²) in [6.07, 6.45) is 0. The van der Waals surface area contributed by atoms with Crippen LogP contribution in [0.3, 0.4) is 0 Å². The van der Waals surface area contributed by atoms with Gasteiger partial charge in [-0.25, -0.2) is 5.48 Å². The lowest BCUT2D eigenvalue weighted by atomic mass is 9.61. The Morgan fingerprint density at radius 3 is 1.70 bits per heavy atom. The van der Waals surface area contributed by atoms with Crippen LogP contribution in [-0.2, 0) is 4.84 Å². The molecule has 0 saturated heterocycles. The molecular formula is C13H26N6O. The summed E-state index contributed by atoms with van der Waals surface area (Å²) in [5, 5.41) is 0. The van der Waals surface area contributed by atoms with Crippen molar-refractivity contribution < 1.29 is 4.84 Å². The van der Waals surface area contributed by atoms with Gasteiger partial charge in [0.2, 0.25) is 11.9 Å². The highest BCUT2D eigenvalue weighted by Gasteiger charge is 2.47. The number of anilines is 3. The van der Waals surface area contributed by atoms with Gasteiger partial charge in [-0.15, -0.1) is 0 Å². The molecule has 0 bridgehead atoms. The van der Waals surface area contributed by atoms with Crippen LogP contribution in [0.2, 0.25) is 0 Å². The predicted molar refractivity (Wildman–Crippen MR) is 80.7 cm³/mol. The maximum absolute atomic E-state index is 5.80. The predicted octanol–water partition coefficient (Wildman–Crippen LogP) is 2.23.